The van der Waals surface area contributed by atoms with Crippen LogP contribution in [0.15, 0.2) is 78.9 Å². The average molecular weight is 701 g/mol. The lowest BCUT2D eigenvalue weighted by Gasteiger charge is -2.39. The Hall–Kier alpha value is -4.64. The first-order valence-electron chi connectivity index (χ1n) is 16.9. The fraction of sp³-hybridized carbons (Fsp3) is 0.385. The van der Waals surface area contributed by atoms with Gasteiger partial charge in [-0.05, 0) is 66.1 Å². The first kappa shape index (κ1) is 35.2. The molecule has 4 aromatic rings. The van der Waals surface area contributed by atoms with Gasteiger partial charge in [-0.15, -0.1) is 11.3 Å². The number of hydrogen-bond donors (Lipinski definition) is 1. The van der Waals surface area contributed by atoms with Gasteiger partial charge in [-0.1, -0.05) is 62.4 Å². The molecule has 0 saturated carbocycles. The van der Waals surface area contributed by atoms with Gasteiger partial charge in [0.1, 0.15) is 12.1 Å². The molecule has 2 aliphatic rings. The number of hydrogen-bond acceptors (Lipinski definition) is 5. The summed E-state index contributed by atoms with van der Waals surface area (Å²) >= 11 is 1.14. The van der Waals surface area contributed by atoms with Crippen LogP contribution in [0.4, 0.5) is 14.5 Å². The topological polar surface area (TPSA) is 90.0 Å². The Morgan fingerprint density at radius 2 is 1.54 bits per heavy atom. The van der Waals surface area contributed by atoms with E-state index in [1.807, 2.05) is 42.5 Å². The Labute approximate surface area is 295 Å². The number of likely N-dealkylation sites (N-methyl/N-ethyl adjacent to an activating group) is 1. The van der Waals surface area contributed by atoms with Crippen molar-refractivity contribution in [3.05, 3.63) is 100 Å². The van der Waals surface area contributed by atoms with Crippen molar-refractivity contribution in [2.45, 2.75) is 76.4 Å². The molecule has 3 aromatic carbocycles. The minimum absolute atomic E-state index is 0.0460. The molecule has 11 heteroatoms. The van der Waals surface area contributed by atoms with Crippen molar-refractivity contribution in [3.8, 4) is 0 Å². The van der Waals surface area contributed by atoms with E-state index in [2.05, 4.69) is 31.3 Å². The van der Waals surface area contributed by atoms with Gasteiger partial charge in [-0.25, -0.2) is 8.78 Å². The summed E-state index contributed by atoms with van der Waals surface area (Å²) in [5.74, 6) is -4.44. The number of rotatable bonds is 7. The zero-order chi connectivity index (χ0) is 36.0. The molecule has 3 atom stereocenters. The molecule has 1 N–H and O–H groups in total. The van der Waals surface area contributed by atoms with Gasteiger partial charge in [0, 0.05) is 61.4 Å². The third-order valence-corrected chi connectivity index (χ3v) is 11.4. The minimum Gasteiger partial charge on any atom is -0.340 e. The van der Waals surface area contributed by atoms with E-state index in [1.165, 1.54) is 30.7 Å². The number of carbonyl (C=O) groups is 4. The second-order valence-electron chi connectivity index (χ2n) is 14.0. The Morgan fingerprint density at radius 1 is 0.880 bits per heavy atom. The van der Waals surface area contributed by atoms with E-state index in [1.54, 1.807) is 27.8 Å². The second-order valence-corrected chi connectivity index (χ2v) is 15.0. The molecule has 1 unspecified atom stereocenters. The number of carbonyl (C=O) groups excluding carboxylic acids is 4. The molecular weight excluding hydrogens is 659 g/mol. The predicted octanol–water partition coefficient (Wildman–Crippen LogP) is 6.71. The summed E-state index contributed by atoms with van der Waals surface area (Å²) < 4.78 is 28.6. The van der Waals surface area contributed by atoms with Crippen LogP contribution in [0.1, 0.15) is 73.3 Å². The molecule has 1 aromatic heterocycles. The van der Waals surface area contributed by atoms with Crippen molar-refractivity contribution in [2.24, 2.45) is 0 Å². The maximum atomic E-state index is 14.3. The normalized spacial score (nSPS) is 19.9. The van der Waals surface area contributed by atoms with Crippen molar-refractivity contribution in [3.63, 3.8) is 0 Å². The van der Waals surface area contributed by atoms with Gasteiger partial charge in [-0.3, -0.25) is 19.2 Å². The maximum Gasteiger partial charge on any atom is 0.270 e. The number of nitrogens with one attached hydrogen (secondary N) is 1. The third kappa shape index (κ3) is 6.88. The van der Waals surface area contributed by atoms with E-state index in [4.69, 9.17) is 0 Å². The summed E-state index contributed by atoms with van der Waals surface area (Å²) in [7, 11) is 1.71. The van der Waals surface area contributed by atoms with E-state index in [0.29, 0.717) is 41.6 Å². The molecular formula is C39H42F2N4O4S. The van der Waals surface area contributed by atoms with Gasteiger partial charge >= 0.3 is 0 Å². The second kappa shape index (κ2) is 13.6. The number of thiophene rings is 1. The molecule has 50 heavy (non-hydrogen) atoms. The first-order valence-corrected chi connectivity index (χ1v) is 17.7. The van der Waals surface area contributed by atoms with Crippen LogP contribution in [0.5, 0.6) is 0 Å². The standard InChI is InChI=1S/C39H42F2N4O4S/c1-24(46)44-20-19-30-16-17-32(37(49)43(5)29-14-11-27(12-15-29)38(2,3)26-9-7-6-8-10-26)45(30)36(48)31(23-44)42-35(47)34-22-25-21-28(39(4,40)41)13-18-33(25)50-34/h6-15,18,21-22,30-32H,16-17,19-20,23H2,1-5H3,(H,42,47)/t30-,31?,32+/m1/s1. The average Bonchev–Trinajstić information content (AvgIpc) is 3.72. The maximum absolute atomic E-state index is 14.3. The molecule has 0 bridgehead atoms. The first-order chi connectivity index (χ1) is 23.6. The highest BCUT2D eigenvalue weighted by Crippen LogP contribution is 2.35. The van der Waals surface area contributed by atoms with E-state index in [0.717, 1.165) is 23.8 Å². The van der Waals surface area contributed by atoms with Crippen LogP contribution in [0.25, 0.3) is 10.1 Å². The fourth-order valence-corrected chi connectivity index (χ4v) is 8.09. The van der Waals surface area contributed by atoms with Gasteiger partial charge < -0.3 is 20.0 Å². The van der Waals surface area contributed by atoms with Crippen molar-refractivity contribution < 1.29 is 28.0 Å². The van der Waals surface area contributed by atoms with E-state index < -0.39 is 29.8 Å². The zero-order valence-electron chi connectivity index (χ0n) is 28.9. The minimum atomic E-state index is -3.03. The SMILES string of the molecule is CC(=O)N1CC[C@H]2CC[C@@H](C(=O)N(C)c3ccc(C(C)(C)c4ccccc4)cc3)N2C(=O)C(NC(=O)c2cc3cc(C(C)(F)F)ccc3s2)C1. The summed E-state index contributed by atoms with van der Waals surface area (Å²) in [5.41, 5.74) is 2.58. The Morgan fingerprint density at radius 3 is 2.20 bits per heavy atom. The molecule has 0 radical (unpaired) electrons. The molecule has 262 valence electrons. The number of fused-ring (bicyclic) bond motifs is 2. The number of alkyl halides is 2. The highest BCUT2D eigenvalue weighted by molar-refractivity contribution is 7.20. The zero-order valence-corrected chi connectivity index (χ0v) is 29.7. The Kier molecular flexibility index (Phi) is 9.56. The quantitative estimate of drug-likeness (QED) is 0.232. The highest BCUT2D eigenvalue weighted by atomic mass is 32.1. The lowest BCUT2D eigenvalue weighted by Crippen LogP contribution is -2.61. The smallest absolute Gasteiger partial charge is 0.270 e. The Bertz CT molecular complexity index is 1920. The number of halogens is 2. The van der Waals surface area contributed by atoms with Crippen LogP contribution in [0.3, 0.4) is 0 Å². The fourth-order valence-electron chi connectivity index (χ4n) is 7.14. The van der Waals surface area contributed by atoms with Crippen molar-refractivity contribution >= 4 is 50.7 Å². The van der Waals surface area contributed by atoms with E-state index in [9.17, 15) is 28.0 Å². The highest BCUT2D eigenvalue weighted by Gasteiger charge is 2.46. The summed E-state index contributed by atoms with van der Waals surface area (Å²) in [6.07, 6.45) is 1.57. The van der Waals surface area contributed by atoms with Gasteiger partial charge in [0.25, 0.3) is 11.8 Å². The molecule has 6 rings (SSSR count). The number of benzene rings is 3. The van der Waals surface area contributed by atoms with E-state index in [-0.39, 0.29) is 40.3 Å². The number of anilines is 1. The molecule has 2 aliphatic heterocycles. The van der Waals surface area contributed by atoms with E-state index >= 15 is 0 Å². The third-order valence-electron chi connectivity index (χ3n) is 10.3. The van der Waals surface area contributed by atoms with Crippen molar-refractivity contribution in [1.82, 2.24) is 15.1 Å². The van der Waals surface area contributed by atoms with Crippen LogP contribution >= 0.6 is 11.3 Å². The Balaban J connectivity index is 1.22. The van der Waals surface area contributed by atoms with Crippen LogP contribution in [-0.2, 0) is 25.7 Å². The number of nitrogens with zero attached hydrogens (tertiary/aromatic N) is 3. The molecule has 2 fully saturated rings. The van der Waals surface area contributed by atoms with Crippen LogP contribution < -0.4 is 10.2 Å². The molecule has 0 aliphatic carbocycles. The van der Waals surface area contributed by atoms with Gasteiger partial charge in [-0.2, -0.15) is 0 Å². The lowest BCUT2D eigenvalue weighted by molar-refractivity contribution is -0.144. The molecule has 4 amide bonds. The van der Waals surface area contributed by atoms with Gasteiger partial charge in [0.05, 0.1) is 4.88 Å². The number of amides is 4. The lowest BCUT2D eigenvalue weighted by atomic mass is 9.78. The molecule has 2 saturated heterocycles. The van der Waals surface area contributed by atoms with Crippen molar-refractivity contribution in [2.75, 3.05) is 25.0 Å². The monoisotopic (exact) mass is 700 g/mol. The molecule has 0 spiro atoms. The molecule has 8 nitrogen and oxygen atoms in total. The van der Waals surface area contributed by atoms with Crippen molar-refractivity contribution in [1.29, 1.82) is 0 Å². The van der Waals surface area contributed by atoms with Gasteiger partial charge in [0.2, 0.25) is 17.7 Å². The largest absolute Gasteiger partial charge is 0.340 e. The van der Waals surface area contributed by atoms with Crippen LogP contribution in [0.2, 0.25) is 0 Å². The summed E-state index contributed by atoms with van der Waals surface area (Å²) in [4.78, 5) is 59.6. The van der Waals surface area contributed by atoms with Crippen LogP contribution in [-0.4, -0.2) is 71.7 Å². The predicted molar refractivity (Wildman–Crippen MR) is 192 cm³/mol. The molecule has 3 heterocycles. The van der Waals surface area contributed by atoms with Gasteiger partial charge in [0.15, 0.2) is 0 Å². The summed E-state index contributed by atoms with van der Waals surface area (Å²) in [5, 5.41) is 3.32. The summed E-state index contributed by atoms with van der Waals surface area (Å²) in [6.45, 7) is 6.89. The van der Waals surface area contributed by atoms with Crippen LogP contribution in [0, 0.1) is 0 Å². The summed E-state index contributed by atoms with van der Waals surface area (Å²) in [6, 6.07) is 21.8.